The third-order valence-electron chi connectivity index (χ3n) is 3.69. The number of halogens is 2. The first-order valence-corrected chi connectivity index (χ1v) is 6.42. The van der Waals surface area contributed by atoms with Crippen molar-refractivity contribution in [3.8, 4) is 0 Å². The number of likely N-dealkylation sites (tertiary alicyclic amines) is 1. The lowest BCUT2D eigenvalue weighted by molar-refractivity contribution is -0.151. The fraction of sp³-hybridized carbons (Fsp3) is 0.429. The minimum absolute atomic E-state index is 0.113. The van der Waals surface area contributed by atoms with Gasteiger partial charge in [-0.1, -0.05) is 6.07 Å². The molecule has 1 atom stereocenters. The van der Waals surface area contributed by atoms with Gasteiger partial charge in [-0.2, -0.15) is 0 Å². The molecule has 21 heavy (non-hydrogen) atoms. The first kappa shape index (κ1) is 15.4. The minimum atomic E-state index is -1.58. The highest BCUT2D eigenvalue weighted by atomic mass is 19.1. The number of carboxylic acids is 1. The molecule has 1 unspecified atom stereocenters. The number of nitrogens with zero attached hydrogens (tertiary/aromatic N) is 1. The van der Waals surface area contributed by atoms with Gasteiger partial charge in [-0.3, -0.25) is 4.79 Å². The molecule has 0 spiro atoms. The predicted octanol–water partition coefficient (Wildman–Crippen LogP) is 1.67. The first-order valence-electron chi connectivity index (χ1n) is 6.42. The van der Waals surface area contributed by atoms with E-state index >= 15 is 0 Å². The number of carbonyl (C=O) groups excluding carboxylic acids is 1. The lowest BCUT2D eigenvalue weighted by atomic mass is 9.96. The summed E-state index contributed by atoms with van der Waals surface area (Å²) >= 11 is 0. The number of carboxylic acid groups (broad SMARTS) is 1. The monoisotopic (exact) mass is 299 g/mol. The number of ether oxygens (including phenoxy) is 1. The summed E-state index contributed by atoms with van der Waals surface area (Å²) < 4.78 is 32.4. The van der Waals surface area contributed by atoms with E-state index in [0.717, 1.165) is 23.1 Å². The normalized spacial score (nSPS) is 21.6. The number of benzene rings is 1. The van der Waals surface area contributed by atoms with E-state index in [0.29, 0.717) is 6.42 Å². The van der Waals surface area contributed by atoms with Crippen LogP contribution in [0.15, 0.2) is 18.2 Å². The quantitative estimate of drug-likeness (QED) is 0.918. The van der Waals surface area contributed by atoms with Crippen LogP contribution in [-0.2, 0) is 9.53 Å². The van der Waals surface area contributed by atoms with E-state index < -0.39 is 34.6 Å². The molecule has 1 aliphatic heterocycles. The molecule has 114 valence electrons. The van der Waals surface area contributed by atoms with Gasteiger partial charge >= 0.3 is 5.97 Å². The van der Waals surface area contributed by atoms with Crippen molar-refractivity contribution in [3.63, 3.8) is 0 Å². The maximum atomic E-state index is 13.7. The predicted molar refractivity (Wildman–Crippen MR) is 68.9 cm³/mol. The van der Waals surface area contributed by atoms with E-state index in [9.17, 15) is 23.5 Å². The number of rotatable bonds is 4. The van der Waals surface area contributed by atoms with Gasteiger partial charge in [0.25, 0.3) is 5.91 Å². The van der Waals surface area contributed by atoms with Crippen LogP contribution in [0.25, 0.3) is 0 Å². The van der Waals surface area contributed by atoms with E-state index in [1.54, 1.807) is 0 Å². The zero-order chi connectivity index (χ0) is 15.6. The fourth-order valence-corrected chi connectivity index (χ4v) is 2.68. The maximum absolute atomic E-state index is 13.7. The molecule has 1 amide bonds. The van der Waals surface area contributed by atoms with Gasteiger partial charge in [-0.15, -0.1) is 0 Å². The summed E-state index contributed by atoms with van der Waals surface area (Å²) in [5.74, 6) is -4.23. The van der Waals surface area contributed by atoms with E-state index in [2.05, 4.69) is 0 Å². The molecule has 1 heterocycles. The van der Waals surface area contributed by atoms with Crippen molar-refractivity contribution in [2.45, 2.75) is 18.4 Å². The summed E-state index contributed by atoms with van der Waals surface area (Å²) in [5, 5.41) is 9.44. The molecule has 1 aromatic carbocycles. The fourth-order valence-electron chi connectivity index (χ4n) is 2.68. The second-order valence-electron chi connectivity index (χ2n) is 4.93. The van der Waals surface area contributed by atoms with Crippen LogP contribution in [0.5, 0.6) is 0 Å². The van der Waals surface area contributed by atoms with Crippen LogP contribution < -0.4 is 0 Å². The first-order chi connectivity index (χ1) is 9.94. The minimum Gasteiger partial charge on any atom is -0.479 e. The highest BCUT2D eigenvalue weighted by molar-refractivity contribution is 5.98. The zero-order valence-corrected chi connectivity index (χ0v) is 11.4. The van der Waals surface area contributed by atoms with Crippen LogP contribution >= 0.6 is 0 Å². The second kappa shape index (κ2) is 5.77. The Morgan fingerprint density at radius 1 is 1.38 bits per heavy atom. The molecule has 1 saturated heterocycles. The molecule has 7 heteroatoms. The van der Waals surface area contributed by atoms with Gasteiger partial charge in [0.05, 0.1) is 6.61 Å². The molecule has 5 nitrogen and oxygen atoms in total. The van der Waals surface area contributed by atoms with Crippen LogP contribution in [0.4, 0.5) is 8.78 Å². The largest absolute Gasteiger partial charge is 0.479 e. The summed E-state index contributed by atoms with van der Waals surface area (Å²) in [6, 6.07) is 3.07. The molecule has 0 aromatic heterocycles. The van der Waals surface area contributed by atoms with Crippen molar-refractivity contribution < 1.29 is 28.2 Å². The molecular weight excluding hydrogens is 284 g/mol. The topological polar surface area (TPSA) is 66.8 Å². The second-order valence-corrected chi connectivity index (χ2v) is 4.93. The van der Waals surface area contributed by atoms with Crippen molar-refractivity contribution in [2.75, 3.05) is 20.3 Å². The molecule has 0 radical (unpaired) electrons. The van der Waals surface area contributed by atoms with Gasteiger partial charge in [-0.25, -0.2) is 13.6 Å². The number of hydrogen-bond acceptors (Lipinski definition) is 3. The van der Waals surface area contributed by atoms with Gasteiger partial charge in [0.15, 0.2) is 5.54 Å². The zero-order valence-electron chi connectivity index (χ0n) is 11.4. The molecular formula is C14H15F2NO4. The van der Waals surface area contributed by atoms with Gasteiger partial charge < -0.3 is 14.7 Å². The summed E-state index contributed by atoms with van der Waals surface area (Å²) in [5.41, 5.74) is -2.32. The summed E-state index contributed by atoms with van der Waals surface area (Å²) in [6.07, 6.45) is 0.607. The van der Waals surface area contributed by atoms with Gasteiger partial charge in [-0.05, 0) is 25.0 Å². The van der Waals surface area contributed by atoms with Crippen LogP contribution in [0.1, 0.15) is 23.2 Å². The van der Waals surface area contributed by atoms with Crippen LogP contribution in [0, 0.1) is 11.6 Å². The van der Waals surface area contributed by atoms with E-state index in [1.807, 2.05) is 0 Å². The Balaban J connectivity index is 2.44. The number of carbonyl (C=O) groups is 2. The Labute approximate surface area is 120 Å². The number of amides is 1. The van der Waals surface area contributed by atoms with Crippen LogP contribution in [-0.4, -0.2) is 47.7 Å². The van der Waals surface area contributed by atoms with Crippen molar-refractivity contribution in [3.05, 3.63) is 35.4 Å². The Morgan fingerprint density at radius 2 is 2.00 bits per heavy atom. The Morgan fingerprint density at radius 3 is 2.52 bits per heavy atom. The van der Waals surface area contributed by atoms with Gasteiger partial charge in [0.2, 0.25) is 0 Å². The maximum Gasteiger partial charge on any atom is 0.332 e. The van der Waals surface area contributed by atoms with Crippen molar-refractivity contribution in [1.82, 2.24) is 4.90 Å². The summed E-state index contributed by atoms with van der Waals surface area (Å²) in [6.45, 7) is -0.119. The third-order valence-corrected chi connectivity index (χ3v) is 3.69. The van der Waals surface area contributed by atoms with Crippen molar-refractivity contribution in [2.24, 2.45) is 0 Å². The average molecular weight is 299 g/mol. The Kier molecular flexibility index (Phi) is 4.22. The van der Waals surface area contributed by atoms with Crippen LogP contribution in [0.3, 0.4) is 0 Å². The smallest absolute Gasteiger partial charge is 0.332 e. The number of hydrogen-bond donors (Lipinski definition) is 1. The SMILES string of the molecule is COCC1(C(=O)O)CCCN1C(=O)c1c(F)cccc1F. The summed E-state index contributed by atoms with van der Waals surface area (Å²) in [4.78, 5) is 25.0. The molecule has 1 aromatic rings. The molecule has 2 rings (SSSR count). The molecule has 1 aliphatic rings. The third kappa shape index (κ3) is 2.49. The van der Waals surface area contributed by atoms with Gasteiger partial charge in [0, 0.05) is 13.7 Å². The molecule has 1 N–H and O–H groups in total. The molecule has 0 aliphatic carbocycles. The van der Waals surface area contributed by atoms with Crippen molar-refractivity contribution >= 4 is 11.9 Å². The highest BCUT2D eigenvalue weighted by Gasteiger charge is 2.51. The van der Waals surface area contributed by atoms with E-state index in [1.165, 1.54) is 7.11 Å². The molecule has 0 bridgehead atoms. The number of aliphatic carboxylic acids is 1. The molecule has 0 saturated carbocycles. The van der Waals surface area contributed by atoms with E-state index in [-0.39, 0.29) is 19.6 Å². The standard InChI is InChI=1S/C14H15F2NO4/c1-21-8-14(13(19)20)6-3-7-17(14)12(18)11-9(15)4-2-5-10(11)16/h2,4-5H,3,6-8H2,1H3,(H,19,20). The molecule has 1 fully saturated rings. The summed E-state index contributed by atoms with van der Waals surface area (Å²) in [7, 11) is 1.31. The average Bonchev–Trinajstić information content (AvgIpc) is 2.84. The Bertz CT molecular complexity index is 558. The van der Waals surface area contributed by atoms with Crippen molar-refractivity contribution in [1.29, 1.82) is 0 Å². The van der Waals surface area contributed by atoms with Crippen LogP contribution in [0.2, 0.25) is 0 Å². The van der Waals surface area contributed by atoms with Gasteiger partial charge in [0.1, 0.15) is 17.2 Å². The lowest BCUT2D eigenvalue weighted by Gasteiger charge is -2.34. The highest BCUT2D eigenvalue weighted by Crippen LogP contribution is 2.32. The van der Waals surface area contributed by atoms with E-state index in [4.69, 9.17) is 4.74 Å². The number of methoxy groups -OCH3 is 1. The Hall–Kier alpha value is -2.02. The lowest BCUT2D eigenvalue weighted by Crippen LogP contribution is -2.56.